The number of rotatable bonds is 8. The zero-order chi connectivity index (χ0) is 19.9. The molecule has 0 aliphatic heterocycles. The highest BCUT2D eigenvalue weighted by atomic mass is 19.4. The third-order valence-electron chi connectivity index (χ3n) is 3.48. The fourth-order valence-corrected chi connectivity index (χ4v) is 2.27. The van der Waals surface area contributed by atoms with Gasteiger partial charge in [0.2, 0.25) is 11.8 Å². The second kappa shape index (κ2) is 9.51. The molecule has 1 aromatic rings. The van der Waals surface area contributed by atoms with Gasteiger partial charge in [0, 0.05) is 12.6 Å². The summed E-state index contributed by atoms with van der Waals surface area (Å²) in [6.07, 6.45) is -4.72. The molecule has 0 fully saturated rings. The van der Waals surface area contributed by atoms with Crippen LogP contribution in [-0.2, 0) is 22.3 Å². The second-order valence-corrected chi connectivity index (χ2v) is 6.10. The van der Waals surface area contributed by atoms with E-state index in [0.29, 0.717) is 12.6 Å². The van der Waals surface area contributed by atoms with Crippen LogP contribution in [0.2, 0.25) is 0 Å². The Balaban J connectivity index is 2.65. The molecule has 0 spiro atoms. The van der Waals surface area contributed by atoms with E-state index < -0.39 is 23.5 Å². The van der Waals surface area contributed by atoms with Crippen LogP contribution < -0.4 is 10.6 Å². The van der Waals surface area contributed by atoms with Crippen molar-refractivity contribution in [2.75, 3.05) is 19.6 Å². The van der Waals surface area contributed by atoms with Gasteiger partial charge in [0.15, 0.2) is 0 Å². The molecule has 1 rings (SSSR count). The van der Waals surface area contributed by atoms with Crippen molar-refractivity contribution >= 4 is 11.8 Å². The molecule has 2 N–H and O–H groups in total. The highest BCUT2D eigenvalue weighted by molar-refractivity contribution is 5.81. The van der Waals surface area contributed by atoms with Gasteiger partial charge in [0.05, 0.1) is 18.7 Å². The van der Waals surface area contributed by atoms with Gasteiger partial charge in [-0.1, -0.05) is 13.0 Å². The van der Waals surface area contributed by atoms with Crippen molar-refractivity contribution in [2.45, 2.75) is 39.5 Å². The first kappa shape index (κ1) is 21.9. The topological polar surface area (TPSA) is 61.4 Å². The first-order valence-electron chi connectivity index (χ1n) is 8.17. The predicted molar refractivity (Wildman–Crippen MR) is 88.6 cm³/mol. The van der Waals surface area contributed by atoms with Crippen molar-refractivity contribution in [1.29, 1.82) is 0 Å². The van der Waals surface area contributed by atoms with Crippen LogP contribution in [0, 0.1) is 5.82 Å². The van der Waals surface area contributed by atoms with Crippen molar-refractivity contribution in [1.82, 2.24) is 15.5 Å². The Kier molecular flexibility index (Phi) is 8.01. The Morgan fingerprint density at radius 2 is 1.77 bits per heavy atom. The summed E-state index contributed by atoms with van der Waals surface area (Å²) < 4.78 is 51.9. The van der Waals surface area contributed by atoms with E-state index in [1.54, 1.807) is 11.8 Å². The number of nitrogens with zero attached hydrogens (tertiary/aromatic N) is 1. The first-order valence-corrected chi connectivity index (χ1v) is 8.17. The fraction of sp³-hybridized carbons (Fsp3) is 0.529. The number of nitrogens with one attached hydrogen (secondary N) is 2. The summed E-state index contributed by atoms with van der Waals surface area (Å²) in [5.74, 6) is -1.77. The monoisotopic (exact) mass is 377 g/mol. The van der Waals surface area contributed by atoms with Crippen LogP contribution in [0.3, 0.4) is 0 Å². The summed E-state index contributed by atoms with van der Waals surface area (Å²) in [4.78, 5) is 25.3. The summed E-state index contributed by atoms with van der Waals surface area (Å²) in [7, 11) is 0. The smallest absolute Gasteiger partial charge is 0.353 e. The number of hydrogen-bond acceptors (Lipinski definition) is 3. The molecule has 26 heavy (non-hydrogen) atoms. The minimum Gasteiger partial charge on any atom is -0.353 e. The van der Waals surface area contributed by atoms with E-state index in [9.17, 15) is 27.2 Å². The summed E-state index contributed by atoms with van der Waals surface area (Å²) >= 11 is 0. The summed E-state index contributed by atoms with van der Waals surface area (Å²) in [6, 6.07) is 2.27. The molecule has 0 unspecified atom stereocenters. The molecule has 0 aliphatic carbocycles. The molecular weight excluding hydrogens is 354 g/mol. The highest BCUT2D eigenvalue weighted by Gasteiger charge is 2.33. The highest BCUT2D eigenvalue weighted by Crippen LogP contribution is 2.32. The third-order valence-corrected chi connectivity index (χ3v) is 3.48. The molecule has 0 saturated carbocycles. The number of likely N-dealkylation sites (N-methyl/N-ethyl adjacent to an activating group) is 1. The van der Waals surface area contributed by atoms with Crippen LogP contribution in [-0.4, -0.2) is 42.4 Å². The summed E-state index contributed by atoms with van der Waals surface area (Å²) in [5, 5.41) is 5.07. The number of alkyl halides is 3. The maximum absolute atomic E-state index is 13.1. The van der Waals surface area contributed by atoms with Gasteiger partial charge in [-0.15, -0.1) is 0 Å². The molecule has 0 bridgehead atoms. The standard InChI is InChI=1S/C17H23F4N3O2/c1-4-24(10-16(26)23-11(2)3)9-15(25)22-8-12-5-6-13(18)7-14(12)17(19,20)21/h5-7,11H,4,8-10H2,1-3H3,(H,22,25)(H,23,26). The van der Waals surface area contributed by atoms with Crippen LogP contribution in [0.4, 0.5) is 17.6 Å². The molecular formula is C17H23F4N3O2. The Hall–Kier alpha value is -2.16. The van der Waals surface area contributed by atoms with Gasteiger partial charge in [-0.2, -0.15) is 13.2 Å². The third kappa shape index (κ3) is 7.38. The van der Waals surface area contributed by atoms with Crippen LogP contribution in [0.25, 0.3) is 0 Å². The molecule has 0 saturated heterocycles. The Bertz CT molecular complexity index is 633. The minimum atomic E-state index is -4.72. The number of halogens is 4. The molecule has 0 heterocycles. The Morgan fingerprint density at radius 3 is 2.31 bits per heavy atom. The lowest BCUT2D eigenvalue weighted by atomic mass is 10.1. The summed E-state index contributed by atoms with van der Waals surface area (Å²) in [6.45, 7) is 5.28. The van der Waals surface area contributed by atoms with E-state index in [1.807, 2.05) is 13.8 Å². The molecule has 5 nitrogen and oxygen atoms in total. The summed E-state index contributed by atoms with van der Waals surface area (Å²) in [5.41, 5.74) is -1.35. The normalized spacial score (nSPS) is 11.7. The average Bonchev–Trinajstić information content (AvgIpc) is 2.51. The number of benzene rings is 1. The fourth-order valence-electron chi connectivity index (χ4n) is 2.27. The van der Waals surface area contributed by atoms with E-state index in [4.69, 9.17) is 0 Å². The molecule has 0 aromatic heterocycles. The molecule has 9 heteroatoms. The van der Waals surface area contributed by atoms with E-state index in [2.05, 4.69) is 10.6 Å². The van der Waals surface area contributed by atoms with Crippen molar-refractivity contribution < 1.29 is 27.2 Å². The zero-order valence-corrected chi connectivity index (χ0v) is 14.9. The van der Waals surface area contributed by atoms with Gasteiger partial charge in [-0.05, 0) is 38.1 Å². The quantitative estimate of drug-likeness (QED) is 0.684. The van der Waals surface area contributed by atoms with Gasteiger partial charge >= 0.3 is 6.18 Å². The molecule has 0 radical (unpaired) electrons. The predicted octanol–water partition coefficient (Wildman–Crippen LogP) is 2.31. The van der Waals surface area contributed by atoms with E-state index >= 15 is 0 Å². The molecule has 2 amide bonds. The maximum atomic E-state index is 13.1. The van der Waals surface area contributed by atoms with Crippen molar-refractivity contribution in [3.8, 4) is 0 Å². The first-order chi connectivity index (χ1) is 12.0. The number of carbonyl (C=O) groups is 2. The van der Waals surface area contributed by atoms with Crippen LogP contribution in [0.1, 0.15) is 31.9 Å². The van der Waals surface area contributed by atoms with E-state index in [-0.39, 0.29) is 37.1 Å². The molecule has 0 aliphatic rings. The number of hydrogen-bond donors (Lipinski definition) is 2. The van der Waals surface area contributed by atoms with E-state index in [1.165, 1.54) is 0 Å². The maximum Gasteiger partial charge on any atom is 0.416 e. The minimum absolute atomic E-state index is 0.00640. The lowest BCUT2D eigenvalue weighted by molar-refractivity contribution is -0.138. The molecule has 146 valence electrons. The number of amides is 2. The SMILES string of the molecule is CCN(CC(=O)NCc1ccc(F)cc1C(F)(F)F)CC(=O)NC(C)C. The van der Waals surface area contributed by atoms with Crippen LogP contribution in [0.5, 0.6) is 0 Å². The van der Waals surface area contributed by atoms with Gasteiger partial charge in [-0.3, -0.25) is 14.5 Å². The lowest BCUT2D eigenvalue weighted by Crippen LogP contribution is -2.44. The second-order valence-electron chi connectivity index (χ2n) is 6.10. The van der Waals surface area contributed by atoms with Gasteiger partial charge in [0.1, 0.15) is 5.82 Å². The Labute approximate surface area is 149 Å². The molecule has 0 atom stereocenters. The average molecular weight is 377 g/mol. The van der Waals surface area contributed by atoms with Crippen molar-refractivity contribution in [3.05, 3.63) is 35.1 Å². The van der Waals surface area contributed by atoms with Crippen molar-refractivity contribution in [3.63, 3.8) is 0 Å². The van der Waals surface area contributed by atoms with Crippen LogP contribution >= 0.6 is 0 Å². The van der Waals surface area contributed by atoms with Gasteiger partial charge in [0.25, 0.3) is 0 Å². The largest absolute Gasteiger partial charge is 0.416 e. The van der Waals surface area contributed by atoms with E-state index in [0.717, 1.165) is 12.1 Å². The van der Waals surface area contributed by atoms with Crippen molar-refractivity contribution in [2.24, 2.45) is 0 Å². The van der Waals surface area contributed by atoms with Crippen LogP contribution in [0.15, 0.2) is 18.2 Å². The Morgan fingerprint density at radius 1 is 1.15 bits per heavy atom. The van der Waals surface area contributed by atoms with Gasteiger partial charge < -0.3 is 10.6 Å². The molecule has 1 aromatic carbocycles. The zero-order valence-electron chi connectivity index (χ0n) is 14.9. The van der Waals surface area contributed by atoms with Gasteiger partial charge in [-0.25, -0.2) is 4.39 Å². The number of carbonyl (C=O) groups excluding carboxylic acids is 2. The lowest BCUT2D eigenvalue weighted by Gasteiger charge is -2.20.